The van der Waals surface area contributed by atoms with E-state index in [0.717, 1.165) is 11.4 Å². The quantitative estimate of drug-likeness (QED) is 0.823. The summed E-state index contributed by atoms with van der Waals surface area (Å²) in [5, 5.41) is 0. The second-order valence-corrected chi connectivity index (χ2v) is 5.14. The molecule has 78 valence electrons. The zero-order chi connectivity index (χ0) is 10.8. The molecule has 0 amide bonds. The lowest BCUT2D eigenvalue weighted by atomic mass is 10.2. The summed E-state index contributed by atoms with van der Waals surface area (Å²) in [5.41, 5.74) is 6.97. The Hall–Kier alpha value is -0.0900. The number of halogens is 3. The first kappa shape index (κ1) is 12.0. The highest BCUT2D eigenvalue weighted by Crippen LogP contribution is 2.35. The van der Waals surface area contributed by atoms with E-state index in [4.69, 9.17) is 40.5 Å². The van der Waals surface area contributed by atoms with Gasteiger partial charge in [-0.15, -0.1) is 0 Å². The minimum Gasteiger partial charge on any atom is -0.330 e. The second-order valence-electron chi connectivity index (χ2n) is 2.86. The fraction of sp³-hybridized carbons (Fsp3) is 0.500. The van der Waals surface area contributed by atoms with Gasteiger partial charge in [0.1, 0.15) is 0 Å². The highest BCUT2D eigenvalue weighted by molar-refractivity contribution is 6.66. The van der Waals surface area contributed by atoms with Crippen molar-refractivity contribution in [1.82, 2.24) is 9.97 Å². The number of aryl methyl sites for hydroxylation is 1. The molecule has 2 N–H and O–H groups in total. The van der Waals surface area contributed by atoms with Crippen LogP contribution in [0.5, 0.6) is 0 Å². The van der Waals surface area contributed by atoms with E-state index in [-0.39, 0.29) is 5.82 Å². The third kappa shape index (κ3) is 3.24. The maximum atomic E-state index is 5.68. The number of rotatable bonds is 2. The SMILES string of the molecule is Cc1cc(CCN)nc(C(Cl)(Cl)Cl)n1. The fourth-order valence-corrected chi connectivity index (χ4v) is 1.29. The lowest BCUT2D eigenvalue weighted by molar-refractivity contribution is 0.851. The van der Waals surface area contributed by atoms with Crippen molar-refractivity contribution in [3.8, 4) is 0 Å². The normalized spacial score (nSPS) is 11.8. The summed E-state index contributed by atoms with van der Waals surface area (Å²) >= 11 is 17.0. The zero-order valence-electron chi connectivity index (χ0n) is 7.60. The zero-order valence-corrected chi connectivity index (χ0v) is 9.87. The maximum absolute atomic E-state index is 5.68. The predicted molar refractivity (Wildman–Crippen MR) is 58.8 cm³/mol. The molecule has 0 aromatic carbocycles. The molecule has 0 atom stereocenters. The van der Waals surface area contributed by atoms with Gasteiger partial charge in [0.2, 0.25) is 3.79 Å². The van der Waals surface area contributed by atoms with E-state index in [1.165, 1.54) is 0 Å². The number of hydrogen-bond acceptors (Lipinski definition) is 3. The van der Waals surface area contributed by atoms with Gasteiger partial charge in [-0.2, -0.15) is 0 Å². The van der Waals surface area contributed by atoms with Crippen LogP contribution in [0.2, 0.25) is 0 Å². The molecular formula is C8H10Cl3N3. The van der Waals surface area contributed by atoms with Crippen LogP contribution < -0.4 is 5.73 Å². The molecule has 0 spiro atoms. The van der Waals surface area contributed by atoms with Gasteiger partial charge in [0.15, 0.2) is 5.82 Å². The molecule has 1 heterocycles. The number of hydrogen-bond donors (Lipinski definition) is 1. The van der Waals surface area contributed by atoms with Gasteiger partial charge < -0.3 is 5.73 Å². The van der Waals surface area contributed by atoms with Crippen molar-refractivity contribution in [2.75, 3.05) is 6.54 Å². The summed E-state index contributed by atoms with van der Waals surface area (Å²) in [6.45, 7) is 2.33. The first-order valence-electron chi connectivity index (χ1n) is 4.05. The Morgan fingerprint density at radius 1 is 1.36 bits per heavy atom. The van der Waals surface area contributed by atoms with E-state index in [0.29, 0.717) is 13.0 Å². The van der Waals surface area contributed by atoms with Gasteiger partial charge in [0, 0.05) is 17.8 Å². The molecular weight excluding hydrogens is 244 g/mol. The second kappa shape index (κ2) is 4.62. The summed E-state index contributed by atoms with van der Waals surface area (Å²) in [6.07, 6.45) is 0.650. The van der Waals surface area contributed by atoms with Crippen LogP contribution in [0.25, 0.3) is 0 Å². The van der Waals surface area contributed by atoms with Crippen LogP contribution in [-0.4, -0.2) is 16.5 Å². The van der Waals surface area contributed by atoms with Gasteiger partial charge in [-0.3, -0.25) is 0 Å². The molecule has 0 fully saturated rings. The summed E-state index contributed by atoms with van der Waals surface area (Å²) in [6, 6.07) is 1.83. The van der Waals surface area contributed by atoms with Crippen LogP contribution in [0.3, 0.4) is 0 Å². The molecule has 0 bridgehead atoms. The van der Waals surface area contributed by atoms with Crippen LogP contribution in [0.15, 0.2) is 6.07 Å². The van der Waals surface area contributed by atoms with E-state index in [1.807, 2.05) is 13.0 Å². The average molecular weight is 255 g/mol. The molecule has 1 aromatic rings. The largest absolute Gasteiger partial charge is 0.330 e. The Kier molecular flexibility index (Phi) is 3.95. The van der Waals surface area contributed by atoms with Gasteiger partial charge in [0.25, 0.3) is 0 Å². The number of nitrogens with zero attached hydrogens (tertiary/aromatic N) is 2. The molecule has 0 unspecified atom stereocenters. The molecule has 1 rings (SSSR count). The summed E-state index contributed by atoms with van der Waals surface area (Å²) < 4.78 is -1.57. The molecule has 0 aliphatic heterocycles. The van der Waals surface area contributed by atoms with Crippen molar-refractivity contribution in [2.24, 2.45) is 5.73 Å². The molecule has 1 aromatic heterocycles. The van der Waals surface area contributed by atoms with Gasteiger partial charge in [-0.1, -0.05) is 34.8 Å². The molecule has 0 aliphatic carbocycles. The predicted octanol–water partition coefficient (Wildman–Crippen LogP) is 2.11. The number of aromatic nitrogens is 2. The smallest absolute Gasteiger partial charge is 0.250 e. The van der Waals surface area contributed by atoms with Crippen LogP contribution in [0.4, 0.5) is 0 Å². The topological polar surface area (TPSA) is 51.8 Å². The lowest BCUT2D eigenvalue weighted by Crippen LogP contribution is -2.12. The first-order valence-corrected chi connectivity index (χ1v) is 5.18. The van der Waals surface area contributed by atoms with Gasteiger partial charge >= 0.3 is 0 Å². The van der Waals surface area contributed by atoms with Crippen molar-refractivity contribution in [3.05, 3.63) is 23.3 Å². The highest BCUT2D eigenvalue weighted by atomic mass is 35.6. The molecule has 3 nitrogen and oxygen atoms in total. The Balaban J connectivity index is 3.07. The lowest BCUT2D eigenvalue weighted by Gasteiger charge is -2.11. The molecule has 0 saturated carbocycles. The Labute approximate surface area is 97.6 Å². The minimum atomic E-state index is -1.57. The van der Waals surface area contributed by atoms with Crippen molar-refractivity contribution < 1.29 is 0 Å². The van der Waals surface area contributed by atoms with E-state index >= 15 is 0 Å². The van der Waals surface area contributed by atoms with Crippen LogP contribution in [-0.2, 0) is 10.2 Å². The fourth-order valence-electron chi connectivity index (χ4n) is 1.04. The van der Waals surface area contributed by atoms with Crippen LogP contribution in [0.1, 0.15) is 17.2 Å². The third-order valence-electron chi connectivity index (χ3n) is 1.56. The average Bonchev–Trinajstić information content (AvgIpc) is 2.02. The van der Waals surface area contributed by atoms with Crippen molar-refractivity contribution in [2.45, 2.75) is 17.1 Å². The van der Waals surface area contributed by atoms with Crippen LogP contribution >= 0.6 is 34.8 Å². The Morgan fingerprint density at radius 2 is 2.00 bits per heavy atom. The molecule has 0 saturated heterocycles. The van der Waals surface area contributed by atoms with E-state index in [9.17, 15) is 0 Å². The van der Waals surface area contributed by atoms with Crippen LogP contribution in [0, 0.1) is 6.92 Å². The summed E-state index contributed by atoms with van der Waals surface area (Å²) in [7, 11) is 0. The molecule has 6 heteroatoms. The minimum absolute atomic E-state index is 0.200. The Bertz CT molecular complexity index is 322. The van der Waals surface area contributed by atoms with Crippen molar-refractivity contribution in [1.29, 1.82) is 0 Å². The third-order valence-corrected chi connectivity index (χ3v) is 2.07. The van der Waals surface area contributed by atoms with Crippen molar-refractivity contribution >= 4 is 34.8 Å². The molecule has 0 radical (unpaired) electrons. The standard InChI is InChI=1S/C8H10Cl3N3/c1-5-4-6(2-3-12)14-7(13-5)8(9,10)11/h4H,2-3,12H2,1H3. The van der Waals surface area contributed by atoms with Crippen molar-refractivity contribution in [3.63, 3.8) is 0 Å². The summed E-state index contributed by atoms with van der Waals surface area (Å²) in [4.78, 5) is 8.15. The van der Waals surface area contributed by atoms with Gasteiger partial charge in [0.05, 0.1) is 0 Å². The number of nitrogens with two attached hydrogens (primary N) is 1. The van der Waals surface area contributed by atoms with Gasteiger partial charge in [-0.05, 0) is 19.5 Å². The Morgan fingerprint density at radius 3 is 2.50 bits per heavy atom. The highest BCUT2D eigenvalue weighted by Gasteiger charge is 2.27. The van der Waals surface area contributed by atoms with Gasteiger partial charge in [-0.25, -0.2) is 9.97 Å². The molecule has 14 heavy (non-hydrogen) atoms. The monoisotopic (exact) mass is 253 g/mol. The van der Waals surface area contributed by atoms with E-state index in [2.05, 4.69) is 9.97 Å². The van der Waals surface area contributed by atoms with E-state index in [1.54, 1.807) is 0 Å². The van der Waals surface area contributed by atoms with E-state index < -0.39 is 3.79 Å². The maximum Gasteiger partial charge on any atom is 0.250 e. The molecule has 0 aliphatic rings. The first-order chi connectivity index (χ1) is 6.43. The number of alkyl halides is 3. The summed E-state index contributed by atoms with van der Waals surface area (Å²) in [5.74, 6) is 0.200.